The summed E-state index contributed by atoms with van der Waals surface area (Å²) < 4.78 is 0. The molecule has 0 spiro atoms. The van der Waals surface area contributed by atoms with Crippen LogP contribution in [0.25, 0.3) is 0 Å². The van der Waals surface area contributed by atoms with Crippen LogP contribution in [0.4, 0.5) is 0 Å². The molecule has 0 aromatic rings. The minimum atomic E-state index is 0. The molecule has 0 aromatic carbocycles. The van der Waals surface area contributed by atoms with Crippen LogP contribution in [0.3, 0.4) is 0 Å². The van der Waals surface area contributed by atoms with Crippen molar-refractivity contribution in [1.29, 1.82) is 0 Å². The molecular formula is C11H21Ga. The van der Waals surface area contributed by atoms with Crippen molar-refractivity contribution in [2.75, 3.05) is 0 Å². The van der Waals surface area contributed by atoms with Gasteiger partial charge in [-0.3, -0.25) is 0 Å². The van der Waals surface area contributed by atoms with E-state index >= 15 is 0 Å². The molecule has 1 aliphatic rings. The van der Waals surface area contributed by atoms with Crippen molar-refractivity contribution in [2.24, 2.45) is 0 Å². The Morgan fingerprint density at radius 1 is 0.667 bits per heavy atom. The molecule has 0 heterocycles. The summed E-state index contributed by atoms with van der Waals surface area (Å²) in [6.45, 7) is 11.0. The van der Waals surface area contributed by atoms with Crippen molar-refractivity contribution in [3.63, 3.8) is 0 Å². The Hall–Kier alpha value is 0.116. The molecule has 0 aromatic heterocycles. The fourth-order valence-corrected chi connectivity index (χ4v) is 1.41. The zero-order valence-corrected chi connectivity index (χ0v) is 10.5. The first-order valence-corrected chi connectivity index (χ1v) is 3.75. The molecule has 0 amide bonds. The van der Waals surface area contributed by atoms with Gasteiger partial charge in [0, 0.05) is 27.1 Å². The van der Waals surface area contributed by atoms with E-state index in [0.717, 1.165) is 0 Å². The number of hydrogen-bond acceptors (Lipinski definition) is 0. The molecule has 68 valence electrons. The van der Waals surface area contributed by atoms with Crippen molar-refractivity contribution >= 4 is 19.8 Å². The van der Waals surface area contributed by atoms with Gasteiger partial charge in [-0.05, 0) is 38.8 Å². The van der Waals surface area contributed by atoms with Gasteiger partial charge >= 0.3 is 0 Å². The van der Waals surface area contributed by atoms with Crippen LogP contribution in [0.2, 0.25) is 0 Å². The molecule has 0 saturated carbocycles. The summed E-state index contributed by atoms with van der Waals surface area (Å²) in [6.07, 6.45) is 0. The fourth-order valence-electron chi connectivity index (χ4n) is 1.41. The molecule has 0 fully saturated rings. The van der Waals surface area contributed by atoms with Crippen LogP contribution in [0.15, 0.2) is 22.3 Å². The van der Waals surface area contributed by atoms with Gasteiger partial charge in [0.15, 0.2) is 0 Å². The summed E-state index contributed by atoms with van der Waals surface area (Å²) >= 11 is 0. The number of rotatable bonds is 0. The van der Waals surface area contributed by atoms with E-state index in [1.54, 1.807) is 0 Å². The Morgan fingerprint density at radius 3 is 1.00 bits per heavy atom. The maximum atomic E-state index is 2.20. The minimum absolute atomic E-state index is 0. The predicted molar refractivity (Wildman–Crippen MR) is 60.3 cm³/mol. The molecule has 0 bridgehead atoms. The van der Waals surface area contributed by atoms with Crippen LogP contribution in [-0.4, -0.2) is 19.8 Å². The van der Waals surface area contributed by atoms with Gasteiger partial charge in [0.05, 0.1) is 0 Å². The third kappa shape index (κ3) is 2.08. The molecule has 1 heteroatoms. The summed E-state index contributed by atoms with van der Waals surface area (Å²) in [4.78, 5) is 0. The van der Waals surface area contributed by atoms with Crippen molar-refractivity contribution < 1.29 is 1.43 Å². The van der Waals surface area contributed by atoms with E-state index in [9.17, 15) is 0 Å². The average molecular weight is 223 g/mol. The first-order chi connectivity index (χ1) is 4.55. The van der Waals surface area contributed by atoms with Gasteiger partial charge in [0.2, 0.25) is 0 Å². The second-order valence-electron chi connectivity index (χ2n) is 3.12. The van der Waals surface area contributed by atoms with E-state index in [-0.39, 0.29) is 28.6 Å². The van der Waals surface area contributed by atoms with Gasteiger partial charge in [-0.15, -0.1) is 0 Å². The van der Waals surface area contributed by atoms with Gasteiger partial charge < -0.3 is 0 Å². The third-order valence-electron chi connectivity index (χ3n) is 2.81. The van der Waals surface area contributed by atoms with Gasteiger partial charge in [0.1, 0.15) is 0 Å². The first kappa shape index (κ1) is 14.6. The Labute approximate surface area is 91.7 Å². The van der Waals surface area contributed by atoms with Gasteiger partial charge in [-0.25, -0.2) is 0 Å². The quantitative estimate of drug-likeness (QED) is 0.548. The van der Waals surface area contributed by atoms with Crippen LogP contribution in [-0.2, 0) is 0 Å². The first-order valence-electron chi connectivity index (χ1n) is 3.75. The number of allylic oxidation sites excluding steroid dienone is 4. The molecule has 0 aliphatic heterocycles. The zero-order valence-electron chi connectivity index (χ0n) is 8.08. The van der Waals surface area contributed by atoms with E-state index < -0.39 is 0 Å². The molecule has 12 heavy (non-hydrogen) atoms. The molecular weight excluding hydrogens is 202 g/mol. The van der Waals surface area contributed by atoms with E-state index in [0.29, 0.717) is 0 Å². The third-order valence-corrected chi connectivity index (χ3v) is 2.81. The van der Waals surface area contributed by atoms with Gasteiger partial charge in [-0.2, -0.15) is 0 Å². The van der Waals surface area contributed by atoms with Crippen LogP contribution in [0.1, 0.15) is 43.5 Å². The van der Waals surface area contributed by atoms with E-state index in [4.69, 9.17) is 0 Å². The van der Waals surface area contributed by atoms with E-state index in [1.165, 1.54) is 28.2 Å². The summed E-state index contributed by atoms with van der Waals surface area (Å²) in [5, 5.41) is 0. The maximum Gasteiger partial charge on any atom is 0.0226 e. The smallest absolute Gasteiger partial charge is 0.0226 e. The maximum absolute atomic E-state index is 2.20. The van der Waals surface area contributed by atoms with Crippen molar-refractivity contribution in [3.05, 3.63) is 28.2 Å². The molecule has 4 radical (unpaired) electrons. The van der Waals surface area contributed by atoms with Crippen molar-refractivity contribution in [3.8, 4) is 0 Å². The average Bonchev–Trinajstić information content (AvgIpc) is 2.07. The topological polar surface area (TPSA) is 0 Å². The zero-order chi connectivity index (χ0) is 7.89. The summed E-state index contributed by atoms with van der Waals surface area (Å²) in [5.74, 6) is 1.47. The Bertz CT molecular complexity index is 202. The summed E-state index contributed by atoms with van der Waals surface area (Å²) in [5.41, 5.74) is 5.87. The standard InChI is InChI=1S/C10H15.CH4.Ga.H2/c1-6-7(2)9(4)10(5)8(6)3;;;/h1-5H3;1H4;;1H. The molecule has 1 aliphatic carbocycles. The van der Waals surface area contributed by atoms with Crippen molar-refractivity contribution in [2.45, 2.75) is 42.0 Å². The van der Waals surface area contributed by atoms with E-state index in [1.807, 2.05) is 0 Å². The molecule has 1 rings (SSSR count). The SMILES string of the molecule is C.C[C]1C(C)=C(C)C(C)=C1C.[Ga].[HH]. The molecule has 0 N–H and O–H groups in total. The molecule has 0 atom stereocenters. The molecule has 0 saturated heterocycles. The van der Waals surface area contributed by atoms with Gasteiger partial charge in [-0.1, -0.05) is 25.5 Å². The second-order valence-corrected chi connectivity index (χ2v) is 3.12. The fraction of sp³-hybridized carbons (Fsp3) is 0.545. The molecule has 0 nitrogen and oxygen atoms in total. The Morgan fingerprint density at radius 2 is 0.917 bits per heavy atom. The second kappa shape index (κ2) is 4.98. The van der Waals surface area contributed by atoms with Crippen LogP contribution in [0, 0.1) is 5.92 Å². The normalized spacial score (nSPS) is 17.8. The van der Waals surface area contributed by atoms with Crippen LogP contribution < -0.4 is 0 Å². The largest absolute Gasteiger partial charge is 0.0776 e. The van der Waals surface area contributed by atoms with Crippen molar-refractivity contribution in [1.82, 2.24) is 0 Å². The summed E-state index contributed by atoms with van der Waals surface area (Å²) in [6, 6.07) is 0. The van der Waals surface area contributed by atoms with Gasteiger partial charge in [0.25, 0.3) is 0 Å². The monoisotopic (exact) mass is 222 g/mol. The number of hydrogen-bond donors (Lipinski definition) is 0. The van der Waals surface area contributed by atoms with E-state index in [2.05, 4.69) is 34.6 Å². The van der Waals surface area contributed by atoms with Crippen LogP contribution in [0.5, 0.6) is 0 Å². The summed E-state index contributed by atoms with van der Waals surface area (Å²) in [7, 11) is 0. The van der Waals surface area contributed by atoms with Crippen LogP contribution >= 0.6 is 0 Å². The minimum Gasteiger partial charge on any atom is -0.0776 e. The Balaban J connectivity index is -0.000000333. The predicted octanol–water partition coefficient (Wildman–Crippen LogP) is 3.77. The Kier molecular flexibility index (Phi) is 6.07. The molecule has 0 unspecified atom stereocenters.